The van der Waals surface area contributed by atoms with Crippen molar-refractivity contribution in [3.63, 3.8) is 0 Å². The smallest absolute Gasteiger partial charge is 0.103 e. The summed E-state index contributed by atoms with van der Waals surface area (Å²) < 4.78 is 0. The zero-order chi connectivity index (χ0) is 10.6. The van der Waals surface area contributed by atoms with Crippen LogP contribution in [-0.2, 0) is 0 Å². The van der Waals surface area contributed by atoms with Crippen molar-refractivity contribution in [1.82, 2.24) is 4.90 Å². The van der Waals surface area contributed by atoms with Gasteiger partial charge >= 0.3 is 0 Å². The Hall–Kier alpha value is -0.725. The minimum atomic E-state index is 0.745. The van der Waals surface area contributed by atoms with E-state index < -0.39 is 0 Å². The van der Waals surface area contributed by atoms with Gasteiger partial charge in [0.15, 0.2) is 0 Å². The lowest BCUT2D eigenvalue weighted by Gasteiger charge is -2.13. The number of halogens is 1. The highest BCUT2D eigenvalue weighted by Gasteiger charge is 2.01. The van der Waals surface area contributed by atoms with Crippen molar-refractivity contribution >= 4 is 25.0 Å². The SMILES string of the molecule is [B]/C=C(\CN(C)C)c1ccc(Cl)cc1. The Morgan fingerprint density at radius 3 is 2.36 bits per heavy atom. The van der Waals surface area contributed by atoms with Gasteiger partial charge in [-0.2, -0.15) is 0 Å². The molecule has 0 aliphatic heterocycles. The van der Waals surface area contributed by atoms with Gasteiger partial charge < -0.3 is 4.90 Å². The molecular formula is C11H13BClN. The molecule has 0 N–H and O–H groups in total. The lowest BCUT2D eigenvalue weighted by Crippen LogP contribution is -2.14. The summed E-state index contributed by atoms with van der Waals surface area (Å²) in [5.41, 5.74) is 2.22. The van der Waals surface area contributed by atoms with Crippen molar-refractivity contribution in [3.05, 3.63) is 40.8 Å². The van der Waals surface area contributed by atoms with Crippen molar-refractivity contribution in [2.45, 2.75) is 0 Å². The first-order chi connectivity index (χ1) is 6.63. The molecule has 0 aliphatic carbocycles. The molecule has 14 heavy (non-hydrogen) atoms. The first-order valence-corrected chi connectivity index (χ1v) is 4.82. The summed E-state index contributed by atoms with van der Waals surface area (Å²) in [5.74, 6) is 1.64. The molecule has 1 nitrogen and oxygen atoms in total. The lowest BCUT2D eigenvalue weighted by atomic mass is 9.98. The predicted molar refractivity (Wildman–Crippen MR) is 63.7 cm³/mol. The third kappa shape index (κ3) is 3.20. The van der Waals surface area contributed by atoms with Crippen LogP contribution in [0.4, 0.5) is 0 Å². The summed E-state index contributed by atoms with van der Waals surface area (Å²) >= 11 is 5.80. The van der Waals surface area contributed by atoms with Gasteiger partial charge in [0, 0.05) is 11.6 Å². The largest absolute Gasteiger partial charge is 0.305 e. The fourth-order valence-electron chi connectivity index (χ4n) is 1.24. The van der Waals surface area contributed by atoms with E-state index in [4.69, 9.17) is 19.4 Å². The molecule has 1 aromatic rings. The van der Waals surface area contributed by atoms with Crippen LogP contribution in [0.15, 0.2) is 30.2 Å². The predicted octanol–water partition coefficient (Wildman–Crippen LogP) is 2.41. The molecule has 0 bridgehead atoms. The topological polar surface area (TPSA) is 3.24 Å². The van der Waals surface area contributed by atoms with Gasteiger partial charge in [0.1, 0.15) is 7.85 Å². The number of nitrogens with zero attached hydrogens (tertiary/aromatic N) is 1. The van der Waals surface area contributed by atoms with Crippen molar-refractivity contribution in [3.8, 4) is 0 Å². The third-order valence-electron chi connectivity index (χ3n) is 1.90. The molecule has 0 amide bonds. The van der Waals surface area contributed by atoms with Crippen molar-refractivity contribution in [1.29, 1.82) is 0 Å². The van der Waals surface area contributed by atoms with Crippen LogP contribution in [0.5, 0.6) is 0 Å². The fraction of sp³-hybridized carbons (Fsp3) is 0.273. The van der Waals surface area contributed by atoms with E-state index in [9.17, 15) is 0 Å². The molecule has 0 aliphatic rings. The van der Waals surface area contributed by atoms with Gasteiger partial charge in [-0.1, -0.05) is 23.7 Å². The van der Waals surface area contributed by atoms with Crippen molar-refractivity contribution in [2.24, 2.45) is 0 Å². The minimum Gasteiger partial charge on any atom is -0.305 e. The van der Waals surface area contributed by atoms with Gasteiger partial charge in [-0.15, -0.1) is 5.98 Å². The third-order valence-corrected chi connectivity index (χ3v) is 2.15. The number of rotatable bonds is 3. The monoisotopic (exact) mass is 205 g/mol. The highest BCUT2D eigenvalue weighted by atomic mass is 35.5. The van der Waals surface area contributed by atoms with Crippen LogP contribution in [-0.4, -0.2) is 33.4 Å². The van der Waals surface area contributed by atoms with Crippen molar-refractivity contribution < 1.29 is 0 Å². The van der Waals surface area contributed by atoms with E-state index in [0.717, 1.165) is 22.7 Å². The van der Waals surface area contributed by atoms with E-state index in [1.54, 1.807) is 5.98 Å². The van der Waals surface area contributed by atoms with E-state index in [2.05, 4.69) is 4.90 Å². The molecule has 0 saturated carbocycles. The zero-order valence-corrected chi connectivity index (χ0v) is 9.25. The Kier molecular flexibility index (Phi) is 4.24. The van der Waals surface area contributed by atoms with Gasteiger partial charge in [0.05, 0.1) is 0 Å². The molecule has 1 aromatic carbocycles. The van der Waals surface area contributed by atoms with Crippen LogP contribution in [0.1, 0.15) is 5.56 Å². The van der Waals surface area contributed by atoms with E-state index >= 15 is 0 Å². The molecule has 0 heterocycles. The van der Waals surface area contributed by atoms with Gasteiger partial charge in [0.2, 0.25) is 0 Å². The van der Waals surface area contributed by atoms with Crippen LogP contribution < -0.4 is 0 Å². The zero-order valence-electron chi connectivity index (χ0n) is 8.50. The normalized spacial score (nSPS) is 12.1. The summed E-state index contributed by atoms with van der Waals surface area (Å²) in [7, 11) is 9.60. The maximum absolute atomic E-state index is 5.80. The van der Waals surface area contributed by atoms with Crippen LogP contribution in [0, 0.1) is 0 Å². The Morgan fingerprint density at radius 1 is 1.36 bits per heavy atom. The molecule has 3 heteroatoms. The molecule has 0 fully saturated rings. The van der Waals surface area contributed by atoms with E-state index in [0.29, 0.717) is 0 Å². The first kappa shape index (κ1) is 11.4. The second kappa shape index (κ2) is 5.23. The van der Waals surface area contributed by atoms with Crippen LogP contribution in [0.25, 0.3) is 5.57 Å². The summed E-state index contributed by atoms with van der Waals surface area (Å²) in [6, 6.07) is 7.70. The van der Waals surface area contributed by atoms with Crippen LogP contribution >= 0.6 is 11.6 Å². The molecule has 2 radical (unpaired) electrons. The molecule has 0 unspecified atom stereocenters. The first-order valence-electron chi connectivity index (χ1n) is 4.45. The number of benzene rings is 1. The van der Waals surface area contributed by atoms with Gasteiger partial charge in [0.25, 0.3) is 0 Å². The molecular weight excluding hydrogens is 192 g/mol. The molecule has 0 saturated heterocycles. The fourth-order valence-corrected chi connectivity index (χ4v) is 1.37. The summed E-state index contributed by atoms with van der Waals surface area (Å²) in [6.45, 7) is 0.831. The van der Waals surface area contributed by atoms with E-state index in [1.165, 1.54) is 0 Å². The Labute approximate surface area is 91.8 Å². The Morgan fingerprint density at radius 2 is 1.93 bits per heavy atom. The van der Waals surface area contributed by atoms with Crippen molar-refractivity contribution in [2.75, 3.05) is 20.6 Å². The molecule has 72 valence electrons. The Bertz CT molecular complexity index is 317. The lowest BCUT2D eigenvalue weighted by molar-refractivity contribution is 0.463. The van der Waals surface area contributed by atoms with Gasteiger partial charge in [-0.3, -0.25) is 0 Å². The summed E-state index contributed by atoms with van der Waals surface area (Å²) in [6.07, 6.45) is 0. The maximum Gasteiger partial charge on any atom is 0.103 e. The molecule has 0 spiro atoms. The van der Waals surface area contributed by atoms with Gasteiger partial charge in [-0.25, -0.2) is 0 Å². The number of hydrogen-bond donors (Lipinski definition) is 0. The highest BCUT2D eigenvalue weighted by molar-refractivity contribution is 6.30. The minimum absolute atomic E-state index is 0.745. The van der Waals surface area contributed by atoms with E-state index in [-0.39, 0.29) is 0 Å². The average molecular weight is 205 g/mol. The Balaban J connectivity index is 2.85. The van der Waals surface area contributed by atoms with E-state index in [1.807, 2.05) is 38.4 Å². The molecule has 0 atom stereocenters. The molecule has 1 rings (SSSR count). The standard InChI is InChI=1S/C11H13BClN/c1-14(2)8-10(7-12)9-3-5-11(13)6-4-9/h3-7H,8H2,1-2H3/b10-7+. The van der Waals surface area contributed by atoms with Crippen LogP contribution in [0.2, 0.25) is 5.02 Å². The summed E-state index contributed by atoms with van der Waals surface area (Å²) in [5, 5.41) is 0.745. The number of hydrogen-bond acceptors (Lipinski definition) is 1. The highest BCUT2D eigenvalue weighted by Crippen LogP contribution is 2.17. The number of likely N-dealkylation sites (N-methyl/N-ethyl adjacent to an activating group) is 1. The average Bonchev–Trinajstić information content (AvgIpc) is 2.15. The summed E-state index contributed by atoms with van der Waals surface area (Å²) in [4.78, 5) is 2.08. The van der Waals surface area contributed by atoms with Gasteiger partial charge in [-0.05, 0) is 37.4 Å². The van der Waals surface area contributed by atoms with Crippen LogP contribution in [0.3, 0.4) is 0 Å². The maximum atomic E-state index is 5.80. The second-order valence-corrected chi connectivity index (χ2v) is 3.87. The molecule has 0 aromatic heterocycles. The second-order valence-electron chi connectivity index (χ2n) is 3.44. The quantitative estimate of drug-likeness (QED) is 0.685.